The molecule has 4 unspecified atom stereocenters. The fourth-order valence-electron chi connectivity index (χ4n) is 5.52. The van der Waals surface area contributed by atoms with Crippen molar-refractivity contribution in [2.75, 3.05) is 26.4 Å². The number of aryl methyl sites for hydroxylation is 2. The van der Waals surface area contributed by atoms with Gasteiger partial charge in [0.05, 0.1) is 43.2 Å². The van der Waals surface area contributed by atoms with Gasteiger partial charge in [-0.05, 0) is 38.8 Å². The van der Waals surface area contributed by atoms with Gasteiger partial charge in [0.15, 0.2) is 0 Å². The minimum atomic E-state index is -0.734. The van der Waals surface area contributed by atoms with Crippen LogP contribution in [0.25, 0.3) is 0 Å². The Morgan fingerprint density at radius 1 is 1.00 bits per heavy atom. The SMILES string of the molecule is C=C(C(=O)OCC)[C@]12CC(c3ccc(C)cc3)OC1CCO2.C=C=C1CC(c2ccc(C)cc2)OC1CCO.CCO. The van der Waals surface area contributed by atoms with E-state index in [1.54, 1.807) is 13.8 Å². The van der Waals surface area contributed by atoms with Gasteiger partial charge in [-0.1, -0.05) is 72.8 Å². The topological polar surface area (TPSA) is 94.5 Å². The molecule has 0 radical (unpaired) electrons. The number of esters is 1. The van der Waals surface area contributed by atoms with Crippen LogP contribution >= 0.6 is 0 Å². The number of hydrogen-bond donors (Lipinski definition) is 2. The molecule has 0 spiro atoms. The first kappa shape index (κ1) is 33.5. The summed E-state index contributed by atoms with van der Waals surface area (Å²) < 4.78 is 23.1. The van der Waals surface area contributed by atoms with Crippen molar-refractivity contribution in [3.05, 3.63) is 101 Å². The summed E-state index contributed by atoms with van der Waals surface area (Å²) >= 11 is 0. The average molecular weight is 579 g/mol. The molecule has 3 aliphatic heterocycles. The van der Waals surface area contributed by atoms with Gasteiger partial charge in [-0.25, -0.2) is 4.79 Å². The summed E-state index contributed by atoms with van der Waals surface area (Å²) in [5.74, 6) is -0.387. The summed E-state index contributed by atoms with van der Waals surface area (Å²) in [6, 6.07) is 16.7. The number of benzene rings is 2. The molecule has 5 rings (SSSR count). The van der Waals surface area contributed by atoms with Gasteiger partial charge in [0.25, 0.3) is 0 Å². The Balaban J connectivity index is 0.000000217. The van der Waals surface area contributed by atoms with Crippen LogP contribution in [0.1, 0.15) is 74.0 Å². The maximum Gasteiger partial charge on any atom is 0.336 e. The van der Waals surface area contributed by atoms with E-state index in [1.807, 2.05) is 0 Å². The zero-order valence-corrected chi connectivity index (χ0v) is 25.4. The third-order valence-electron chi connectivity index (χ3n) is 7.75. The molecule has 2 aromatic rings. The third kappa shape index (κ3) is 8.07. The van der Waals surface area contributed by atoms with Gasteiger partial charge in [0.2, 0.25) is 0 Å². The van der Waals surface area contributed by atoms with E-state index < -0.39 is 5.60 Å². The number of aliphatic hydroxyl groups excluding tert-OH is 2. The van der Waals surface area contributed by atoms with Gasteiger partial charge in [0.1, 0.15) is 5.60 Å². The van der Waals surface area contributed by atoms with Gasteiger partial charge in [0, 0.05) is 44.5 Å². The van der Waals surface area contributed by atoms with Crippen molar-refractivity contribution in [3.8, 4) is 0 Å². The van der Waals surface area contributed by atoms with Crippen LogP contribution in [0.5, 0.6) is 0 Å². The van der Waals surface area contributed by atoms with Crippen molar-refractivity contribution in [3.63, 3.8) is 0 Å². The van der Waals surface area contributed by atoms with E-state index in [2.05, 4.69) is 81.3 Å². The first-order valence-corrected chi connectivity index (χ1v) is 14.8. The van der Waals surface area contributed by atoms with E-state index in [-0.39, 0.29) is 43.6 Å². The van der Waals surface area contributed by atoms with Crippen molar-refractivity contribution in [2.45, 2.75) is 83.4 Å². The predicted octanol–water partition coefficient (Wildman–Crippen LogP) is 6.02. The molecule has 5 atom stereocenters. The normalized spacial score (nSPS) is 25.8. The lowest BCUT2D eigenvalue weighted by Crippen LogP contribution is -2.40. The van der Waals surface area contributed by atoms with Gasteiger partial charge in [-0.15, -0.1) is 5.73 Å². The summed E-state index contributed by atoms with van der Waals surface area (Å²) in [6.45, 7) is 16.5. The smallest absolute Gasteiger partial charge is 0.336 e. The molecule has 3 heterocycles. The predicted molar refractivity (Wildman–Crippen MR) is 163 cm³/mol. The molecule has 3 fully saturated rings. The maximum atomic E-state index is 12.1. The fourth-order valence-corrected chi connectivity index (χ4v) is 5.52. The molecule has 3 aliphatic rings. The number of rotatable bonds is 7. The van der Waals surface area contributed by atoms with Crippen LogP contribution in [0.15, 0.2) is 78.6 Å². The summed E-state index contributed by atoms with van der Waals surface area (Å²) in [5.41, 5.74) is 8.42. The second-order valence-electron chi connectivity index (χ2n) is 10.7. The molecule has 2 aromatic carbocycles. The molecular formula is C35H46O7. The summed E-state index contributed by atoms with van der Waals surface area (Å²) in [7, 11) is 0. The van der Waals surface area contributed by atoms with Gasteiger partial charge >= 0.3 is 5.97 Å². The second kappa shape index (κ2) is 16.0. The molecule has 0 bridgehead atoms. The molecule has 3 saturated heterocycles. The number of hydrogen-bond acceptors (Lipinski definition) is 7. The molecule has 0 saturated carbocycles. The van der Waals surface area contributed by atoms with Crippen LogP contribution < -0.4 is 0 Å². The summed E-state index contributed by atoms with van der Waals surface area (Å²) in [4.78, 5) is 12.1. The molecule has 42 heavy (non-hydrogen) atoms. The van der Waals surface area contributed by atoms with Crippen molar-refractivity contribution >= 4 is 5.97 Å². The molecule has 228 valence electrons. The quantitative estimate of drug-likeness (QED) is 0.236. The van der Waals surface area contributed by atoms with Crippen LogP contribution in [0.3, 0.4) is 0 Å². The Labute approximate surface area is 250 Å². The fraction of sp³-hybridized carbons (Fsp3) is 0.486. The highest BCUT2D eigenvalue weighted by Gasteiger charge is 2.56. The van der Waals surface area contributed by atoms with Crippen LogP contribution in [0.2, 0.25) is 0 Å². The minimum Gasteiger partial charge on any atom is -0.463 e. The largest absolute Gasteiger partial charge is 0.463 e. The lowest BCUT2D eigenvalue weighted by Gasteiger charge is -2.27. The van der Waals surface area contributed by atoms with E-state index in [0.717, 1.165) is 24.0 Å². The standard InChI is InChI=1S/C18H22O4.C15H18O2.C2H6O/c1-4-20-17(19)13(3)18-11-15(22-16(18)9-10-21-18)14-7-5-12(2)6-8-14;1-3-12-10-15(17-14(12)8-9-16)13-6-4-11(2)5-7-13;1-2-3/h5-8,15-16H,3-4,9-11H2,1-2H3;4-7,14-16H,1,8-10H2,2H3;3H,2H2,1H3/t15?,16?,18-;;/m1../s1. The molecule has 0 aromatic heterocycles. The Hall–Kier alpha value is -3.03. The van der Waals surface area contributed by atoms with Gasteiger partial charge in [-0.2, -0.15) is 0 Å². The van der Waals surface area contributed by atoms with E-state index in [0.29, 0.717) is 31.6 Å². The Morgan fingerprint density at radius 3 is 2.10 bits per heavy atom. The minimum absolute atomic E-state index is 0.0243. The van der Waals surface area contributed by atoms with Gasteiger partial charge < -0.3 is 29.2 Å². The summed E-state index contributed by atoms with van der Waals surface area (Å²) in [6.07, 6.45) is 2.70. The van der Waals surface area contributed by atoms with Crippen LogP contribution in [-0.2, 0) is 23.7 Å². The first-order chi connectivity index (χ1) is 20.2. The van der Waals surface area contributed by atoms with Crippen molar-refractivity contribution in [1.82, 2.24) is 0 Å². The molecule has 7 nitrogen and oxygen atoms in total. The number of aliphatic hydroxyl groups is 2. The lowest BCUT2D eigenvalue weighted by atomic mass is 9.85. The molecular weight excluding hydrogens is 532 g/mol. The monoisotopic (exact) mass is 578 g/mol. The van der Waals surface area contributed by atoms with Crippen LogP contribution in [0, 0.1) is 13.8 Å². The number of carbonyl (C=O) groups excluding carboxylic acids is 1. The Bertz CT molecular complexity index is 1210. The average Bonchev–Trinajstić information content (AvgIpc) is 3.68. The maximum absolute atomic E-state index is 12.1. The Kier molecular flexibility index (Phi) is 12.7. The number of ether oxygens (including phenoxy) is 4. The first-order valence-electron chi connectivity index (χ1n) is 14.8. The van der Waals surface area contributed by atoms with E-state index in [4.69, 9.17) is 29.2 Å². The lowest BCUT2D eigenvalue weighted by molar-refractivity contribution is -0.141. The molecule has 0 aliphatic carbocycles. The highest BCUT2D eigenvalue weighted by molar-refractivity contribution is 5.90. The highest BCUT2D eigenvalue weighted by Crippen LogP contribution is 2.50. The Morgan fingerprint density at radius 2 is 1.57 bits per heavy atom. The van der Waals surface area contributed by atoms with Gasteiger partial charge in [-0.3, -0.25) is 0 Å². The molecule has 2 N–H and O–H groups in total. The summed E-state index contributed by atoms with van der Waals surface area (Å²) in [5, 5.41) is 16.6. The second-order valence-corrected chi connectivity index (χ2v) is 10.7. The third-order valence-corrected chi connectivity index (χ3v) is 7.75. The zero-order chi connectivity index (χ0) is 30.7. The number of carbonyl (C=O) groups is 1. The van der Waals surface area contributed by atoms with Crippen molar-refractivity contribution < 1.29 is 34.0 Å². The molecule has 7 heteroatoms. The van der Waals surface area contributed by atoms with E-state index >= 15 is 0 Å². The van der Waals surface area contributed by atoms with Crippen LogP contribution in [-0.4, -0.2) is 60.4 Å². The van der Waals surface area contributed by atoms with E-state index in [1.165, 1.54) is 16.7 Å². The van der Waals surface area contributed by atoms with Crippen molar-refractivity contribution in [2.24, 2.45) is 0 Å². The van der Waals surface area contributed by atoms with Crippen molar-refractivity contribution in [1.29, 1.82) is 0 Å². The van der Waals surface area contributed by atoms with Crippen LogP contribution in [0.4, 0.5) is 0 Å². The number of fused-ring (bicyclic) bond motifs is 1. The zero-order valence-electron chi connectivity index (χ0n) is 25.4. The van der Waals surface area contributed by atoms with E-state index in [9.17, 15) is 4.79 Å². The highest BCUT2D eigenvalue weighted by atomic mass is 16.6. The molecule has 0 amide bonds.